The summed E-state index contributed by atoms with van der Waals surface area (Å²) in [6.07, 6.45) is 8.16. The number of urea groups is 1. The first-order valence-corrected chi connectivity index (χ1v) is 10.4. The molecule has 0 saturated heterocycles. The number of rotatable bonds is 7. The largest absolute Gasteiger partial charge is 0.394 e. The highest BCUT2D eigenvalue weighted by atomic mass is 35.5. The van der Waals surface area contributed by atoms with Crippen molar-refractivity contribution in [2.45, 2.75) is 13.0 Å². The third-order valence-electron chi connectivity index (χ3n) is 4.66. The predicted octanol–water partition coefficient (Wildman–Crippen LogP) is 3.62. The lowest BCUT2D eigenvalue weighted by Crippen LogP contribution is -2.34. The first-order valence-electron chi connectivity index (χ1n) is 10.0. The van der Waals surface area contributed by atoms with E-state index in [-0.39, 0.29) is 6.61 Å². The van der Waals surface area contributed by atoms with Gasteiger partial charge in [-0.3, -0.25) is 4.98 Å². The molecule has 1 aromatic carbocycles. The Kier molecular flexibility index (Phi) is 6.77. The minimum absolute atomic E-state index is 0.278. The number of pyridine rings is 1. The SMILES string of the molecule is Cc1cnc(Nc2cccnc2)nc1-n1cc(NC(=O)NC(CO)c2cccc(Cl)c2)cn1. The number of hydrogen-bond acceptors (Lipinski definition) is 7. The van der Waals surface area contributed by atoms with Crippen LogP contribution in [0.1, 0.15) is 17.2 Å². The zero-order valence-corrected chi connectivity index (χ0v) is 18.4. The van der Waals surface area contributed by atoms with Gasteiger partial charge in [-0.05, 0) is 36.8 Å². The molecule has 0 fully saturated rings. The molecule has 168 valence electrons. The van der Waals surface area contributed by atoms with E-state index in [1.54, 1.807) is 53.7 Å². The summed E-state index contributed by atoms with van der Waals surface area (Å²) < 4.78 is 1.54. The summed E-state index contributed by atoms with van der Waals surface area (Å²) in [5.74, 6) is 0.940. The standard InChI is InChI=1S/C22H21ClN8O2/c1-14-9-25-21(27-17-6-3-7-24-10-17)30-20(14)31-12-18(11-26-31)28-22(33)29-19(13-32)15-4-2-5-16(23)8-15/h2-12,19,32H,13H2,1H3,(H,25,27,30)(H2,28,29,33). The fourth-order valence-electron chi connectivity index (χ4n) is 3.08. The molecule has 2 amide bonds. The average molecular weight is 465 g/mol. The maximum Gasteiger partial charge on any atom is 0.319 e. The van der Waals surface area contributed by atoms with Crippen molar-refractivity contribution in [3.05, 3.63) is 83.5 Å². The molecular weight excluding hydrogens is 444 g/mol. The van der Waals surface area contributed by atoms with Gasteiger partial charge in [-0.2, -0.15) is 10.1 Å². The van der Waals surface area contributed by atoms with Crippen LogP contribution in [0.25, 0.3) is 5.82 Å². The Balaban J connectivity index is 1.45. The molecule has 4 N–H and O–H groups in total. The second-order valence-corrected chi connectivity index (χ2v) is 7.57. The van der Waals surface area contributed by atoms with E-state index in [1.807, 2.05) is 19.1 Å². The predicted molar refractivity (Wildman–Crippen MR) is 125 cm³/mol. The molecule has 10 nitrogen and oxygen atoms in total. The summed E-state index contributed by atoms with van der Waals surface area (Å²) >= 11 is 6.00. The summed E-state index contributed by atoms with van der Waals surface area (Å²) in [7, 11) is 0. The molecule has 11 heteroatoms. The number of benzene rings is 1. The summed E-state index contributed by atoms with van der Waals surface area (Å²) in [6.45, 7) is 1.58. The van der Waals surface area contributed by atoms with E-state index in [2.05, 4.69) is 36.0 Å². The average Bonchev–Trinajstić information content (AvgIpc) is 3.27. The topological polar surface area (TPSA) is 130 Å². The third kappa shape index (κ3) is 5.62. The lowest BCUT2D eigenvalue weighted by Gasteiger charge is -2.17. The van der Waals surface area contributed by atoms with Crippen LogP contribution in [0.4, 0.5) is 22.1 Å². The second kappa shape index (κ2) is 10.1. The van der Waals surface area contributed by atoms with Gasteiger partial charge in [0.15, 0.2) is 5.82 Å². The lowest BCUT2D eigenvalue weighted by atomic mass is 10.1. The van der Waals surface area contributed by atoms with E-state index < -0.39 is 12.1 Å². The molecule has 0 aliphatic heterocycles. The molecule has 3 aromatic heterocycles. The fourth-order valence-corrected chi connectivity index (χ4v) is 3.28. The van der Waals surface area contributed by atoms with Crippen LogP contribution in [0.2, 0.25) is 5.02 Å². The van der Waals surface area contributed by atoms with Gasteiger partial charge < -0.3 is 21.1 Å². The maximum atomic E-state index is 12.5. The summed E-state index contributed by atoms with van der Waals surface area (Å²) in [4.78, 5) is 25.3. The number of aromatic nitrogens is 5. The number of hydrogen-bond donors (Lipinski definition) is 4. The van der Waals surface area contributed by atoms with Crippen LogP contribution in [0, 0.1) is 6.92 Å². The van der Waals surface area contributed by atoms with Crippen molar-refractivity contribution in [1.82, 2.24) is 30.0 Å². The van der Waals surface area contributed by atoms with Gasteiger partial charge in [-0.15, -0.1) is 0 Å². The molecule has 0 saturated carbocycles. The Morgan fingerprint density at radius 3 is 2.82 bits per heavy atom. The van der Waals surface area contributed by atoms with Gasteiger partial charge in [0, 0.05) is 23.0 Å². The highest BCUT2D eigenvalue weighted by Crippen LogP contribution is 2.19. The number of nitrogens with zero attached hydrogens (tertiary/aromatic N) is 5. The van der Waals surface area contributed by atoms with Crippen molar-refractivity contribution in [2.75, 3.05) is 17.2 Å². The van der Waals surface area contributed by atoms with Crippen LogP contribution in [0.3, 0.4) is 0 Å². The number of carbonyl (C=O) groups is 1. The van der Waals surface area contributed by atoms with E-state index in [0.29, 0.717) is 28.0 Å². The van der Waals surface area contributed by atoms with Crippen LogP contribution < -0.4 is 16.0 Å². The van der Waals surface area contributed by atoms with E-state index in [0.717, 1.165) is 11.3 Å². The normalized spacial score (nSPS) is 11.6. The first kappa shape index (κ1) is 22.2. The molecule has 3 heterocycles. The van der Waals surface area contributed by atoms with E-state index in [1.165, 1.54) is 6.20 Å². The van der Waals surface area contributed by atoms with Gasteiger partial charge in [0.05, 0.1) is 42.6 Å². The number of anilines is 3. The third-order valence-corrected chi connectivity index (χ3v) is 4.89. The molecule has 1 atom stereocenters. The van der Waals surface area contributed by atoms with Crippen LogP contribution in [-0.2, 0) is 0 Å². The number of halogens is 1. The van der Waals surface area contributed by atoms with Crippen molar-refractivity contribution in [1.29, 1.82) is 0 Å². The molecule has 33 heavy (non-hydrogen) atoms. The van der Waals surface area contributed by atoms with Crippen molar-refractivity contribution in [3.8, 4) is 5.82 Å². The number of carbonyl (C=O) groups excluding carboxylic acids is 1. The Morgan fingerprint density at radius 1 is 1.18 bits per heavy atom. The number of nitrogens with one attached hydrogen (secondary N) is 3. The molecule has 0 bridgehead atoms. The lowest BCUT2D eigenvalue weighted by molar-refractivity contribution is 0.225. The number of aryl methyl sites for hydroxylation is 1. The number of amides is 2. The first-order chi connectivity index (χ1) is 16.0. The monoisotopic (exact) mass is 464 g/mol. The van der Waals surface area contributed by atoms with Crippen molar-refractivity contribution < 1.29 is 9.90 Å². The Bertz CT molecular complexity index is 1250. The van der Waals surface area contributed by atoms with E-state index in [4.69, 9.17) is 11.6 Å². The molecule has 0 aliphatic rings. The van der Waals surface area contributed by atoms with Crippen molar-refractivity contribution in [2.24, 2.45) is 0 Å². The maximum absolute atomic E-state index is 12.5. The van der Waals surface area contributed by atoms with Crippen LogP contribution in [0.15, 0.2) is 67.4 Å². The minimum atomic E-state index is -0.607. The van der Waals surface area contributed by atoms with Gasteiger partial charge in [-0.1, -0.05) is 23.7 Å². The van der Waals surface area contributed by atoms with E-state index in [9.17, 15) is 9.90 Å². The van der Waals surface area contributed by atoms with Gasteiger partial charge >= 0.3 is 6.03 Å². The minimum Gasteiger partial charge on any atom is -0.394 e. The molecule has 0 radical (unpaired) electrons. The van der Waals surface area contributed by atoms with Crippen molar-refractivity contribution >= 4 is 35.0 Å². The van der Waals surface area contributed by atoms with Crippen LogP contribution in [-0.4, -0.2) is 42.5 Å². The molecule has 4 rings (SSSR count). The Labute approximate surface area is 194 Å². The molecule has 0 spiro atoms. The van der Waals surface area contributed by atoms with E-state index >= 15 is 0 Å². The Hall–Kier alpha value is -4.02. The number of aliphatic hydroxyl groups excluding tert-OH is 1. The molecule has 4 aromatic rings. The highest BCUT2D eigenvalue weighted by Gasteiger charge is 2.15. The highest BCUT2D eigenvalue weighted by molar-refractivity contribution is 6.30. The molecule has 1 unspecified atom stereocenters. The molecule has 0 aliphatic carbocycles. The summed E-state index contributed by atoms with van der Waals surface area (Å²) in [6, 6.07) is 9.51. The molecular formula is C22H21ClN8O2. The van der Waals surface area contributed by atoms with Gasteiger partial charge in [0.25, 0.3) is 0 Å². The summed E-state index contributed by atoms with van der Waals surface area (Å²) in [5, 5.41) is 23.0. The van der Waals surface area contributed by atoms with Gasteiger partial charge in [0.2, 0.25) is 5.95 Å². The summed E-state index contributed by atoms with van der Waals surface area (Å²) in [5.41, 5.74) is 2.70. The van der Waals surface area contributed by atoms with Crippen LogP contribution in [0.5, 0.6) is 0 Å². The zero-order valence-electron chi connectivity index (χ0n) is 17.6. The second-order valence-electron chi connectivity index (χ2n) is 7.13. The Morgan fingerprint density at radius 2 is 2.06 bits per heavy atom. The quantitative estimate of drug-likeness (QED) is 0.328. The zero-order chi connectivity index (χ0) is 23.2. The van der Waals surface area contributed by atoms with Crippen LogP contribution >= 0.6 is 11.6 Å². The van der Waals surface area contributed by atoms with Gasteiger partial charge in [-0.25, -0.2) is 14.5 Å². The smallest absolute Gasteiger partial charge is 0.319 e. The van der Waals surface area contributed by atoms with Crippen molar-refractivity contribution in [3.63, 3.8) is 0 Å². The fraction of sp³-hybridized carbons (Fsp3) is 0.136. The number of aliphatic hydroxyl groups is 1. The van der Waals surface area contributed by atoms with Gasteiger partial charge in [0.1, 0.15) is 0 Å².